The van der Waals surface area contributed by atoms with Crippen molar-refractivity contribution in [3.8, 4) is 0 Å². The molecule has 0 unspecified atom stereocenters. The first kappa shape index (κ1) is 31.5. The van der Waals surface area contributed by atoms with Gasteiger partial charge in [-0.25, -0.2) is 0 Å². The predicted molar refractivity (Wildman–Crippen MR) is 145 cm³/mol. The molecule has 0 radical (unpaired) electrons. The van der Waals surface area contributed by atoms with Gasteiger partial charge in [-0.2, -0.15) is 0 Å². The van der Waals surface area contributed by atoms with Crippen molar-refractivity contribution < 1.29 is 5.11 Å². The summed E-state index contributed by atoms with van der Waals surface area (Å²) in [4.78, 5) is 0. The summed E-state index contributed by atoms with van der Waals surface area (Å²) in [6, 6.07) is 0. The normalized spacial score (nSPS) is 11.6. The molecular formula is C30H61NO. The Balaban J connectivity index is 3.02. The zero-order valence-corrected chi connectivity index (χ0v) is 22.2. The van der Waals surface area contributed by atoms with Gasteiger partial charge in [0.25, 0.3) is 0 Å². The second-order valence-corrected chi connectivity index (χ2v) is 10.0. The fourth-order valence-corrected chi connectivity index (χ4v) is 4.54. The van der Waals surface area contributed by atoms with Gasteiger partial charge in [0.15, 0.2) is 0 Å². The summed E-state index contributed by atoms with van der Waals surface area (Å²) in [5.74, 6) is 0. The van der Waals surface area contributed by atoms with Crippen molar-refractivity contribution in [2.75, 3.05) is 13.2 Å². The van der Waals surface area contributed by atoms with Gasteiger partial charge in [0.05, 0.1) is 6.61 Å². The van der Waals surface area contributed by atoms with Crippen molar-refractivity contribution in [3.05, 3.63) is 12.3 Å². The highest BCUT2D eigenvalue weighted by Crippen LogP contribution is 2.15. The molecule has 0 rings (SSSR count). The van der Waals surface area contributed by atoms with E-state index in [1.54, 1.807) is 0 Å². The Morgan fingerprint density at radius 1 is 0.469 bits per heavy atom. The van der Waals surface area contributed by atoms with E-state index in [0.717, 1.165) is 6.42 Å². The minimum atomic E-state index is 0.212. The molecule has 0 spiro atoms. The SMILES string of the molecule is CCCCCCCCCCCCCCCCCCCCCCCCCCC=CNCCO. The van der Waals surface area contributed by atoms with Gasteiger partial charge in [-0.05, 0) is 19.0 Å². The summed E-state index contributed by atoms with van der Waals surface area (Å²) in [5.41, 5.74) is 0. The Hall–Kier alpha value is -0.500. The van der Waals surface area contributed by atoms with Gasteiger partial charge in [0.2, 0.25) is 0 Å². The van der Waals surface area contributed by atoms with Crippen LogP contribution >= 0.6 is 0 Å². The third-order valence-corrected chi connectivity index (χ3v) is 6.72. The van der Waals surface area contributed by atoms with Crippen LogP contribution in [0.5, 0.6) is 0 Å². The first-order valence-electron chi connectivity index (χ1n) is 14.9. The van der Waals surface area contributed by atoms with Gasteiger partial charge in [-0.3, -0.25) is 0 Å². The number of hydrogen-bond donors (Lipinski definition) is 2. The van der Waals surface area contributed by atoms with E-state index in [1.807, 2.05) is 6.20 Å². The average molecular weight is 452 g/mol. The Morgan fingerprint density at radius 3 is 1.09 bits per heavy atom. The van der Waals surface area contributed by atoms with Crippen LogP contribution in [0.1, 0.15) is 167 Å². The second-order valence-electron chi connectivity index (χ2n) is 10.0. The first-order valence-corrected chi connectivity index (χ1v) is 14.9. The van der Waals surface area contributed by atoms with Crippen molar-refractivity contribution in [1.29, 1.82) is 0 Å². The molecule has 0 bridgehead atoms. The Morgan fingerprint density at radius 2 is 0.781 bits per heavy atom. The number of allylic oxidation sites excluding steroid dienone is 1. The molecule has 0 aromatic rings. The molecule has 0 fully saturated rings. The molecule has 0 aliphatic carbocycles. The zero-order chi connectivity index (χ0) is 23.2. The minimum Gasteiger partial charge on any atom is -0.395 e. The van der Waals surface area contributed by atoms with Gasteiger partial charge in [0.1, 0.15) is 0 Å². The first-order chi connectivity index (χ1) is 15.9. The summed E-state index contributed by atoms with van der Waals surface area (Å²) < 4.78 is 0. The van der Waals surface area contributed by atoms with Crippen LogP contribution in [0, 0.1) is 0 Å². The highest BCUT2D eigenvalue weighted by atomic mass is 16.3. The summed E-state index contributed by atoms with van der Waals surface area (Å²) in [6.45, 7) is 3.17. The quantitative estimate of drug-likeness (QED) is 0.116. The molecule has 32 heavy (non-hydrogen) atoms. The van der Waals surface area contributed by atoms with Gasteiger partial charge in [-0.1, -0.05) is 161 Å². The smallest absolute Gasteiger partial charge is 0.0603 e. The molecule has 192 valence electrons. The lowest BCUT2D eigenvalue weighted by Gasteiger charge is -2.04. The van der Waals surface area contributed by atoms with E-state index in [0.29, 0.717) is 6.54 Å². The fraction of sp³-hybridized carbons (Fsp3) is 0.933. The van der Waals surface area contributed by atoms with E-state index in [-0.39, 0.29) is 6.61 Å². The van der Waals surface area contributed by atoms with E-state index in [4.69, 9.17) is 5.11 Å². The molecular weight excluding hydrogens is 390 g/mol. The van der Waals surface area contributed by atoms with Crippen molar-refractivity contribution in [3.63, 3.8) is 0 Å². The van der Waals surface area contributed by atoms with Crippen LogP contribution in [-0.2, 0) is 0 Å². The number of aliphatic hydroxyl groups is 1. The number of nitrogens with one attached hydrogen (secondary N) is 1. The van der Waals surface area contributed by atoms with Crippen LogP contribution < -0.4 is 5.32 Å². The van der Waals surface area contributed by atoms with Gasteiger partial charge < -0.3 is 10.4 Å². The van der Waals surface area contributed by atoms with Crippen LogP contribution in [0.3, 0.4) is 0 Å². The zero-order valence-electron chi connectivity index (χ0n) is 22.2. The summed E-state index contributed by atoms with van der Waals surface area (Å²) in [6.07, 6.45) is 40.1. The molecule has 0 saturated carbocycles. The lowest BCUT2D eigenvalue weighted by molar-refractivity contribution is 0.298. The predicted octanol–water partition coefficient (Wildman–Crippen LogP) is 9.85. The van der Waals surface area contributed by atoms with Gasteiger partial charge in [-0.15, -0.1) is 0 Å². The monoisotopic (exact) mass is 451 g/mol. The number of aliphatic hydroxyl groups excluding tert-OH is 1. The summed E-state index contributed by atoms with van der Waals surface area (Å²) in [7, 11) is 0. The highest BCUT2D eigenvalue weighted by molar-refractivity contribution is 4.78. The lowest BCUT2D eigenvalue weighted by atomic mass is 10.0. The molecule has 2 heteroatoms. The molecule has 2 N–H and O–H groups in total. The molecule has 0 saturated heterocycles. The number of rotatable bonds is 28. The molecule has 0 heterocycles. The molecule has 0 aromatic heterocycles. The minimum absolute atomic E-state index is 0.212. The van der Waals surface area contributed by atoms with E-state index in [1.165, 1.54) is 154 Å². The van der Waals surface area contributed by atoms with Crippen molar-refractivity contribution in [2.24, 2.45) is 0 Å². The third kappa shape index (κ3) is 29.5. The number of unbranched alkanes of at least 4 members (excludes halogenated alkanes) is 24. The average Bonchev–Trinajstić information content (AvgIpc) is 2.81. The van der Waals surface area contributed by atoms with Gasteiger partial charge in [0, 0.05) is 6.54 Å². The van der Waals surface area contributed by atoms with Gasteiger partial charge >= 0.3 is 0 Å². The van der Waals surface area contributed by atoms with Crippen LogP contribution in [0.2, 0.25) is 0 Å². The highest BCUT2D eigenvalue weighted by Gasteiger charge is 1.96. The van der Waals surface area contributed by atoms with E-state index in [2.05, 4.69) is 18.3 Å². The Labute approximate surface area is 203 Å². The molecule has 0 amide bonds. The van der Waals surface area contributed by atoms with E-state index >= 15 is 0 Å². The Kier molecular flexibility index (Phi) is 30.0. The largest absolute Gasteiger partial charge is 0.395 e. The molecule has 0 aromatic carbocycles. The van der Waals surface area contributed by atoms with Crippen LogP contribution in [0.25, 0.3) is 0 Å². The maximum atomic E-state index is 8.67. The van der Waals surface area contributed by atoms with Crippen molar-refractivity contribution in [2.45, 2.75) is 167 Å². The Bertz CT molecular complexity index is 342. The maximum absolute atomic E-state index is 8.67. The third-order valence-electron chi connectivity index (χ3n) is 6.72. The van der Waals surface area contributed by atoms with Crippen LogP contribution in [-0.4, -0.2) is 18.3 Å². The maximum Gasteiger partial charge on any atom is 0.0603 e. The molecule has 2 nitrogen and oxygen atoms in total. The molecule has 0 atom stereocenters. The second kappa shape index (κ2) is 30.5. The summed E-state index contributed by atoms with van der Waals surface area (Å²) >= 11 is 0. The molecule has 0 aliphatic heterocycles. The van der Waals surface area contributed by atoms with Crippen molar-refractivity contribution in [1.82, 2.24) is 5.32 Å². The van der Waals surface area contributed by atoms with Crippen molar-refractivity contribution >= 4 is 0 Å². The summed E-state index contributed by atoms with van der Waals surface area (Å²) in [5, 5.41) is 11.7. The topological polar surface area (TPSA) is 32.3 Å². The molecule has 0 aliphatic rings. The lowest BCUT2D eigenvalue weighted by Crippen LogP contribution is -2.10. The van der Waals surface area contributed by atoms with Crippen LogP contribution in [0.4, 0.5) is 0 Å². The van der Waals surface area contributed by atoms with Crippen LogP contribution in [0.15, 0.2) is 12.3 Å². The van der Waals surface area contributed by atoms with E-state index in [9.17, 15) is 0 Å². The van der Waals surface area contributed by atoms with E-state index < -0.39 is 0 Å². The standard InChI is InChI=1S/C30H61NO/c1-2-3-4-5-6-7-8-9-10-11-12-13-14-15-16-17-18-19-20-21-22-23-24-25-26-27-28-31-29-30-32/h27-28,31-32H,2-26,29-30H2,1H3. The number of hydrogen-bond acceptors (Lipinski definition) is 2. The fourth-order valence-electron chi connectivity index (χ4n) is 4.54.